The van der Waals surface area contributed by atoms with Crippen molar-refractivity contribution in [1.82, 2.24) is 4.98 Å². The van der Waals surface area contributed by atoms with E-state index in [1.165, 1.54) is 6.07 Å². The minimum atomic E-state index is -4.54. The molecule has 9 heteroatoms. The molecule has 0 radical (unpaired) electrons. The van der Waals surface area contributed by atoms with Crippen LogP contribution in [0, 0.1) is 5.92 Å². The van der Waals surface area contributed by atoms with Crippen molar-refractivity contribution in [2.24, 2.45) is 5.92 Å². The SMILES string of the molecule is O=CC(CO)Cc1[nH]c2ccc(OCc3ccc(OC4CCCC4)c(C(F)(F)F)c3)cc2c1Cl. The Morgan fingerprint density at radius 1 is 1.18 bits per heavy atom. The van der Waals surface area contributed by atoms with Gasteiger partial charge in [0.05, 0.1) is 23.3 Å². The molecule has 2 N–H and O–H groups in total. The van der Waals surface area contributed by atoms with E-state index in [-0.39, 0.29) is 31.5 Å². The maximum atomic E-state index is 13.7. The quantitative estimate of drug-likeness (QED) is 0.352. The molecule has 1 aliphatic rings. The van der Waals surface area contributed by atoms with Gasteiger partial charge in [0.15, 0.2) is 0 Å². The van der Waals surface area contributed by atoms with Crippen LogP contribution in [0.3, 0.4) is 0 Å². The van der Waals surface area contributed by atoms with Crippen LogP contribution in [0.25, 0.3) is 10.9 Å². The second kappa shape index (κ2) is 10.3. The van der Waals surface area contributed by atoms with Crippen LogP contribution >= 0.6 is 11.6 Å². The Kier molecular flexibility index (Phi) is 7.38. The first-order valence-corrected chi connectivity index (χ1v) is 11.5. The fourth-order valence-corrected chi connectivity index (χ4v) is 4.47. The van der Waals surface area contributed by atoms with E-state index in [0.717, 1.165) is 37.3 Å². The number of H-pyrrole nitrogens is 1. The third-order valence-electron chi connectivity index (χ3n) is 6.02. The molecular weight excluding hydrogens is 471 g/mol. The Bertz CT molecular complexity index is 1160. The Morgan fingerprint density at radius 3 is 2.62 bits per heavy atom. The van der Waals surface area contributed by atoms with Gasteiger partial charge in [0.2, 0.25) is 0 Å². The monoisotopic (exact) mass is 495 g/mol. The summed E-state index contributed by atoms with van der Waals surface area (Å²) in [5.74, 6) is -0.272. The van der Waals surface area contributed by atoms with E-state index >= 15 is 0 Å². The van der Waals surface area contributed by atoms with Gasteiger partial charge in [-0.25, -0.2) is 0 Å². The molecule has 4 rings (SSSR count). The van der Waals surface area contributed by atoms with Crippen LogP contribution in [0.4, 0.5) is 13.2 Å². The van der Waals surface area contributed by atoms with Crippen LogP contribution in [0.2, 0.25) is 5.02 Å². The van der Waals surface area contributed by atoms with Crippen LogP contribution in [0.15, 0.2) is 36.4 Å². The fourth-order valence-electron chi connectivity index (χ4n) is 4.19. The average molecular weight is 496 g/mol. The summed E-state index contributed by atoms with van der Waals surface area (Å²) in [5, 5.41) is 10.3. The first-order chi connectivity index (χ1) is 16.3. The number of hydrogen-bond donors (Lipinski definition) is 2. The van der Waals surface area contributed by atoms with Crippen molar-refractivity contribution in [3.8, 4) is 11.5 Å². The van der Waals surface area contributed by atoms with Crippen molar-refractivity contribution < 1.29 is 32.5 Å². The molecule has 34 heavy (non-hydrogen) atoms. The van der Waals surface area contributed by atoms with Crippen LogP contribution in [-0.2, 0) is 24.0 Å². The minimum absolute atomic E-state index is 0.0646. The molecule has 1 aromatic heterocycles. The summed E-state index contributed by atoms with van der Waals surface area (Å²) in [7, 11) is 0. The number of aromatic amines is 1. The van der Waals surface area contributed by atoms with Crippen molar-refractivity contribution in [2.75, 3.05) is 6.61 Å². The Morgan fingerprint density at radius 2 is 1.94 bits per heavy atom. The summed E-state index contributed by atoms with van der Waals surface area (Å²) in [6, 6.07) is 9.13. The molecular formula is C25H25ClF3NO4. The van der Waals surface area contributed by atoms with Gasteiger partial charge in [0.1, 0.15) is 24.4 Å². The first kappa shape index (κ1) is 24.4. The fraction of sp³-hybridized carbons (Fsp3) is 0.400. The molecule has 1 aliphatic carbocycles. The lowest BCUT2D eigenvalue weighted by atomic mass is 10.1. The third-order valence-corrected chi connectivity index (χ3v) is 6.45. The molecule has 1 fully saturated rings. The van der Waals surface area contributed by atoms with Gasteiger partial charge in [-0.15, -0.1) is 0 Å². The zero-order valence-electron chi connectivity index (χ0n) is 18.3. The highest BCUT2D eigenvalue weighted by Crippen LogP contribution is 2.39. The number of alkyl halides is 3. The van der Waals surface area contributed by atoms with Crippen LogP contribution in [-0.4, -0.2) is 29.1 Å². The summed E-state index contributed by atoms with van der Waals surface area (Å²) in [4.78, 5) is 14.1. The van der Waals surface area contributed by atoms with Gasteiger partial charge in [-0.3, -0.25) is 0 Å². The van der Waals surface area contributed by atoms with E-state index in [1.54, 1.807) is 24.3 Å². The molecule has 1 unspecified atom stereocenters. The smallest absolute Gasteiger partial charge is 0.419 e. The molecule has 0 bridgehead atoms. The highest BCUT2D eigenvalue weighted by Gasteiger charge is 2.35. The molecule has 182 valence electrons. The summed E-state index contributed by atoms with van der Waals surface area (Å²) in [5.41, 5.74) is 0.905. The standard InChI is InChI=1S/C25H25ClF3NO4/c26-24-19-11-18(6-7-21(19)30-22(24)10-16(12-31)13-32)33-14-15-5-8-23(20(9-15)25(27,28)29)34-17-3-1-2-4-17/h5-9,11-12,16-17,30,32H,1-4,10,13-14H2. The molecule has 1 atom stereocenters. The van der Waals surface area contributed by atoms with Crippen LogP contribution in [0.1, 0.15) is 42.5 Å². The predicted octanol–water partition coefficient (Wildman–Crippen LogP) is 6.09. The highest BCUT2D eigenvalue weighted by atomic mass is 35.5. The van der Waals surface area contributed by atoms with Crippen LogP contribution in [0.5, 0.6) is 11.5 Å². The Hall–Kier alpha value is -2.71. The molecule has 3 aromatic rings. The molecule has 0 spiro atoms. The van der Waals surface area contributed by atoms with Crippen molar-refractivity contribution in [2.45, 2.75) is 51.0 Å². The maximum absolute atomic E-state index is 13.7. The lowest BCUT2D eigenvalue weighted by Gasteiger charge is -2.19. The number of nitrogens with one attached hydrogen (secondary N) is 1. The van der Waals surface area contributed by atoms with E-state index in [1.807, 2.05) is 0 Å². The number of aromatic nitrogens is 1. The van der Waals surface area contributed by atoms with E-state index in [4.69, 9.17) is 21.1 Å². The molecule has 0 saturated heterocycles. The van der Waals surface area contributed by atoms with Gasteiger partial charge in [0, 0.05) is 28.9 Å². The van der Waals surface area contributed by atoms with Crippen molar-refractivity contribution in [3.63, 3.8) is 0 Å². The number of hydrogen-bond acceptors (Lipinski definition) is 4. The Labute approximate surface area is 199 Å². The van der Waals surface area contributed by atoms with Gasteiger partial charge in [0.25, 0.3) is 0 Å². The molecule has 5 nitrogen and oxygen atoms in total. The largest absolute Gasteiger partial charge is 0.490 e. The number of rotatable bonds is 9. The predicted molar refractivity (Wildman–Crippen MR) is 122 cm³/mol. The second-order valence-electron chi connectivity index (χ2n) is 8.55. The number of carbonyl (C=O) groups excluding carboxylic acids is 1. The van der Waals surface area contributed by atoms with Crippen molar-refractivity contribution in [3.05, 3.63) is 58.2 Å². The number of aliphatic hydroxyl groups is 1. The van der Waals surface area contributed by atoms with E-state index < -0.39 is 17.7 Å². The van der Waals surface area contributed by atoms with E-state index in [0.29, 0.717) is 33.7 Å². The number of aldehydes is 1. The molecule has 1 heterocycles. The van der Waals surface area contributed by atoms with E-state index in [9.17, 15) is 23.1 Å². The number of ether oxygens (including phenoxy) is 2. The Balaban J connectivity index is 1.50. The zero-order chi connectivity index (χ0) is 24.3. The number of aliphatic hydroxyl groups excluding tert-OH is 1. The summed E-state index contributed by atoms with van der Waals surface area (Å²) < 4.78 is 52.3. The maximum Gasteiger partial charge on any atom is 0.419 e. The molecule has 1 saturated carbocycles. The number of fused-ring (bicyclic) bond motifs is 1. The molecule has 2 aromatic carbocycles. The lowest BCUT2D eigenvalue weighted by molar-refractivity contribution is -0.139. The highest BCUT2D eigenvalue weighted by molar-refractivity contribution is 6.36. The third kappa shape index (κ3) is 5.50. The number of halogens is 4. The molecule has 0 amide bonds. The van der Waals surface area contributed by atoms with Gasteiger partial charge in [-0.1, -0.05) is 17.7 Å². The van der Waals surface area contributed by atoms with Crippen molar-refractivity contribution in [1.29, 1.82) is 0 Å². The van der Waals surface area contributed by atoms with Crippen LogP contribution < -0.4 is 9.47 Å². The molecule has 0 aliphatic heterocycles. The summed E-state index contributed by atoms with van der Waals surface area (Å²) in [6.07, 6.45) is -0.304. The van der Waals surface area contributed by atoms with Gasteiger partial charge < -0.3 is 24.4 Å². The second-order valence-corrected chi connectivity index (χ2v) is 8.93. The summed E-state index contributed by atoms with van der Waals surface area (Å²) in [6.45, 7) is -0.348. The number of benzene rings is 2. The van der Waals surface area contributed by atoms with E-state index in [2.05, 4.69) is 4.98 Å². The minimum Gasteiger partial charge on any atom is -0.490 e. The topological polar surface area (TPSA) is 71.5 Å². The van der Waals surface area contributed by atoms with Gasteiger partial charge in [-0.2, -0.15) is 13.2 Å². The van der Waals surface area contributed by atoms with Gasteiger partial charge >= 0.3 is 6.18 Å². The normalized spacial score (nSPS) is 15.6. The lowest BCUT2D eigenvalue weighted by Crippen LogP contribution is -2.16. The number of carbonyl (C=O) groups is 1. The first-order valence-electron chi connectivity index (χ1n) is 11.1. The van der Waals surface area contributed by atoms with Crippen molar-refractivity contribution >= 4 is 28.8 Å². The average Bonchev–Trinajstić information content (AvgIpc) is 3.44. The summed E-state index contributed by atoms with van der Waals surface area (Å²) >= 11 is 6.44. The zero-order valence-corrected chi connectivity index (χ0v) is 19.1. The van der Waals surface area contributed by atoms with Gasteiger partial charge in [-0.05, 0) is 61.6 Å².